The molecule has 4 aromatic rings. The van der Waals surface area contributed by atoms with Crippen molar-refractivity contribution in [1.29, 1.82) is 0 Å². The highest BCUT2D eigenvalue weighted by Gasteiger charge is 2.66. The topological polar surface area (TPSA) is 79.3 Å². The average Bonchev–Trinajstić information content (AvgIpc) is 3.51. The fourth-order valence-corrected chi connectivity index (χ4v) is 12.3. The smallest absolute Gasteiger partial charge is 0.268 e. The van der Waals surface area contributed by atoms with Gasteiger partial charge in [0.25, 0.3) is 5.91 Å². The molecular formula is C38H41IN2O5Si. The SMILES string of the molecule is COc1ccc([Si](C)(C)[C@H]2[C@H](CC(=O)N(CCO)Cc3ccccc3)O[C@@]3(C(=O)N(c4ccccc4)c4ccc(I)cc43)[C@@H]2C)cc1. The van der Waals surface area contributed by atoms with Gasteiger partial charge in [-0.25, -0.2) is 0 Å². The standard InChI is InChI=1S/C38H41IN2O5Si/c1-26-36(47(3,4)31-18-16-30(45-2)17-19-31)34(24-35(43)40(21-22-42)25-27-11-7-5-8-12-27)46-38(26)32-23-28(39)15-20-33(32)41(37(38)44)29-13-9-6-10-14-29/h5-20,23,26,34,36,42H,21-22,24-25H2,1-4H3/t26-,34+,36-,38+/m1/s1. The molecule has 0 aromatic heterocycles. The number of methoxy groups -OCH3 is 1. The van der Waals surface area contributed by atoms with Crippen LogP contribution in [-0.2, 0) is 26.5 Å². The number of rotatable bonds is 10. The summed E-state index contributed by atoms with van der Waals surface area (Å²) in [7, 11) is -0.776. The Labute approximate surface area is 291 Å². The fraction of sp³-hybridized carbons (Fsp3) is 0.316. The van der Waals surface area contributed by atoms with Crippen LogP contribution in [0, 0.1) is 9.49 Å². The molecule has 7 nitrogen and oxygen atoms in total. The lowest BCUT2D eigenvalue weighted by Crippen LogP contribution is -2.52. The van der Waals surface area contributed by atoms with E-state index >= 15 is 0 Å². The third-order valence-corrected chi connectivity index (χ3v) is 15.1. The van der Waals surface area contributed by atoms with E-state index in [2.05, 4.69) is 60.8 Å². The molecule has 244 valence electrons. The molecule has 4 atom stereocenters. The number of halogens is 1. The van der Waals surface area contributed by atoms with E-state index in [1.165, 1.54) is 5.19 Å². The van der Waals surface area contributed by atoms with Crippen LogP contribution in [0.2, 0.25) is 18.6 Å². The number of carbonyl (C=O) groups excluding carboxylic acids is 2. The van der Waals surface area contributed by atoms with Crippen molar-refractivity contribution in [2.75, 3.05) is 25.2 Å². The molecule has 0 saturated carbocycles. The van der Waals surface area contributed by atoms with E-state index in [9.17, 15) is 14.7 Å². The minimum absolute atomic E-state index is 0.0852. The Hall–Kier alpha value is -3.51. The summed E-state index contributed by atoms with van der Waals surface area (Å²) in [5.74, 6) is 0.327. The zero-order valence-corrected chi connectivity index (χ0v) is 30.4. The van der Waals surface area contributed by atoms with E-state index in [0.717, 1.165) is 31.8 Å². The van der Waals surface area contributed by atoms with Gasteiger partial charge in [0.15, 0.2) is 5.60 Å². The summed E-state index contributed by atoms with van der Waals surface area (Å²) in [6, 6.07) is 33.8. The first-order chi connectivity index (χ1) is 22.6. The third-order valence-electron chi connectivity index (χ3n) is 10.0. The van der Waals surface area contributed by atoms with Crippen LogP contribution in [0.15, 0.2) is 103 Å². The lowest BCUT2D eigenvalue weighted by Gasteiger charge is -2.37. The highest BCUT2D eigenvalue weighted by atomic mass is 127. The summed E-state index contributed by atoms with van der Waals surface area (Å²) >= 11 is 2.30. The van der Waals surface area contributed by atoms with Crippen LogP contribution >= 0.6 is 22.6 Å². The molecular weight excluding hydrogens is 719 g/mol. The molecule has 0 bridgehead atoms. The van der Waals surface area contributed by atoms with Gasteiger partial charge in [0.2, 0.25) is 5.91 Å². The Bertz CT molecular complexity index is 1740. The first-order valence-electron chi connectivity index (χ1n) is 16.1. The number of ether oxygens (including phenoxy) is 2. The second kappa shape index (κ2) is 13.5. The second-order valence-corrected chi connectivity index (χ2v) is 19.0. The van der Waals surface area contributed by atoms with E-state index in [0.29, 0.717) is 6.54 Å². The number of hydrogen-bond donors (Lipinski definition) is 1. The van der Waals surface area contributed by atoms with Gasteiger partial charge < -0.3 is 19.5 Å². The first kappa shape index (κ1) is 33.4. The molecule has 1 saturated heterocycles. The van der Waals surface area contributed by atoms with Crippen molar-refractivity contribution < 1.29 is 24.2 Å². The minimum Gasteiger partial charge on any atom is -0.497 e. The molecule has 1 N–H and O–H groups in total. The normalized spacial score (nSPS) is 22.0. The summed E-state index contributed by atoms with van der Waals surface area (Å²) in [5, 5.41) is 11.1. The zero-order chi connectivity index (χ0) is 33.3. The van der Waals surface area contributed by atoms with Gasteiger partial charge in [0, 0.05) is 33.8 Å². The molecule has 0 aliphatic carbocycles. The number of anilines is 2. The highest BCUT2D eigenvalue weighted by Crippen LogP contribution is 2.61. The summed E-state index contributed by atoms with van der Waals surface area (Å²) in [4.78, 5) is 32.7. The van der Waals surface area contributed by atoms with Crippen LogP contribution in [0.5, 0.6) is 5.75 Å². The van der Waals surface area contributed by atoms with Crippen molar-refractivity contribution >= 4 is 59.0 Å². The van der Waals surface area contributed by atoms with E-state index in [-0.39, 0.29) is 42.8 Å². The van der Waals surface area contributed by atoms with E-state index in [4.69, 9.17) is 9.47 Å². The number of aliphatic hydroxyl groups excluding tert-OH is 1. The van der Waals surface area contributed by atoms with Gasteiger partial charge >= 0.3 is 0 Å². The minimum atomic E-state index is -2.44. The van der Waals surface area contributed by atoms with Crippen LogP contribution < -0.4 is 14.8 Å². The van der Waals surface area contributed by atoms with E-state index in [1.807, 2.05) is 84.9 Å². The summed E-state index contributed by atoms with van der Waals surface area (Å²) < 4.78 is 13.7. The van der Waals surface area contributed by atoms with Crippen molar-refractivity contribution in [1.82, 2.24) is 4.90 Å². The van der Waals surface area contributed by atoms with Gasteiger partial charge in [-0.3, -0.25) is 14.5 Å². The zero-order valence-electron chi connectivity index (χ0n) is 27.2. The van der Waals surface area contributed by atoms with Gasteiger partial charge in [-0.1, -0.05) is 85.9 Å². The Morgan fingerprint density at radius 3 is 2.30 bits per heavy atom. The third kappa shape index (κ3) is 6.03. The molecule has 2 aliphatic heterocycles. The molecule has 47 heavy (non-hydrogen) atoms. The van der Waals surface area contributed by atoms with Gasteiger partial charge in [-0.2, -0.15) is 0 Å². The van der Waals surface area contributed by atoms with E-state index in [1.54, 1.807) is 16.9 Å². The largest absolute Gasteiger partial charge is 0.497 e. The van der Waals surface area contributed by atoms with Gasteiger partial charge in [-0.15, -0.1) is 0 Å². The maximum Gasteiger partial charge on any atom is 0.268 e. The number of aliphatic hydroxyl groups is 1. The molecule has 2 aliphatic rings. The molecule has 6 rings (SSSR count). The number of benzene rings is 4. The lowest BCUT2D eigenvalue weighted by atomic mass is 9.82. The van der Waals surface area contributed by atoms with Crippen molar-refractivity contribution in [3.05, 3.63) is 118 Å². The van der Waals surface area contributed by atoms with Crippen molar-refractivity contribution in [2.24, 2.45) is 5.92 Å². The number of carbonyl (C=O) groups is 2. The summed E-state index contributed by atoms with van der Waals surface area (Å²) in [6.45, 7) is 7.23. The summed E-state index contributed by atoms with van der Waals surface area (Å²) in [5.41, 5.74) is 2.09. The van der Waals surface area contributed by atoms with Crippen molar-refractivity contribution in [3.63, 3.8) is 0 Å². The predicted molar refractivity (Wildman–Crippen MR) is 196 cm³/mol. The Kier molecular flexibility index (Phi) is 9.62. The molecule has 2 amide bonds. The molecule has 0 unspecified atom stereocenters. The fourth-order valence-electron chi connectivity index (χ4n) is 7.76. The molecule has 1 fully saturated rings. The van der Waals surface area contributed by atoms with Gasteiger partial charge in [0.1, 0.15) is 5.75 Å². The van der Waals surface area contributed by atoms with Crippen LogP contribution in [0.25, 0.3) is 0 Å². The first-order valence-corrected chi connectivity index (χ1v) is 20.2. The number of fused-ring (bicyclic) bond motifs is 2. The lowest BCUT2D eigenvalue weighted by molar-refractivity contribution is -0.149. The van der Waals surface area contributed by atoms with Crippen LogP contribution in [0.1, 0.15) is 24.5 Å². The van der Waals surface area contributed by atoms with E-state index < -0.39 is 19.8 Å². The van der Waals surface area contributed by atoms with Crippen molar-refractivity contribution in [2.45, 2.75) is 50.2 Å². The maximum absolute atomic E-state index is 15.0. The highest BCUT2D eigenvalue weighted by molar-refractivity contribution is 14.1. The monoisotopic (exact) mass is 760 g/mol. The second-order valence-electron chi connectivity index (χ2n) is 13.0. The predicted octanol–water partition coefficient (Wildman–Crippen LogP) is 6.61. The van der Waals surface area contributed by atoms with Gasteiger partial charge in [0.05, 0.1) is 40.0 Å². The Balaban J connectivity index is 1.45. The average molecular weight is 761 g/mol. The van der Waals surface area contributed by atoms with Crippen LogP contribution in [-0.4, -0.2) is 56.3 Å². The number of nitrogens with zero attached hydrogens (tertiary/aromatic N) is 2. The molecule has 2 heterocycles. The summed E-state index contributed by atoms with van der Waals surface area (Å²) in [6.07, 6.45) is -0.419. The van der Waals surface area contributed by atoms with Crippen LogP contribution in [0.4, 0.5) is 11.4 Å². The number of para-hydroxylation sites is 1. The Morgan fingerprint density at radius 1 is 1.00 bits per heavy atom. The number of amides is 2. The van der Waals surface area contributed by atoms with Crippen molar-refractivity contribution in [3.8, 4) is 5.75 Å². The quantitative estimate of drug-likeness (QED) is 0.146. The maximum atomic E-state index is 15.0. The number of hydrogen-bond acceptors (Lipinski definition) is 5. The molecule has 9 heteroatoms. The molecule has 1 spiro atoms. The Morgan fingerprint density at radius 2 is 1.66 bits per heavy atom. The van der Waals surface area contributed by atoms with Gasteiger partial charge in [-0.05, 0) is 76.2 Å². The molecule has 0 radical (unpaired) electrons. The van der Waals surface area contributed by atoms with Crippen LogP contribution in [0.3, 0.4) is 0 Å². The molecule has 4 aromatic carbocycles.